The summed E-state index contributed by atoms with van der Waals surface area (Å²) in [5.74, 6) is -3.51. The van der Waals surface area contributed by atoms with Gasteiger partial charge in [0.25, 0.3) is 0 Å². The van der Waals surface area contributed by atoms with Crippen molar-refractivity contribution >= 4 is 17.9 Å². The van der Waals surface area contributed by atoms with Gasteiger partial charge in [0.05, 0.1) is 6.54 Å². The molecule has 0 aromatic rings. The van der Waals surface area contributed by atoms with Crippen LogP contribution < -0.4 is 0 Å². The fraction of sp³-hybridized carbons (Fsp3) is 0.833. The van der Waals surface area contributed by atoms with Crippen molar-refractivity contribution in [3.8, 4) is 0 Å². The van der Waals surface area contributed by atoms with Crippen LogP contribution in [0.3, 0.4) is 0 Å². The smallest absolute Gasteiger partial charge is 0.359 e. The van der Waals surface area contributed by atoms with E-state index in [-0.39, 0.29) is 6.54 Å². The summed E-state index contributed by atoms with van der Waals surface area (Å²) >= 11 is 0. The topological polar surface area (TPSA) is 112 Å². The van der Waals surface area contributed by atoms with Gasteiger partial charge in [-0.05, 0) is 38.5 Å². The molecule has 0 aliphatic heterocycles. The Morgan fingerprint density at radius 2 is 0.784 bits per heavy atom. The molecule has 7 heteroatoms. The molecule has 0 unspecified atom stereocenters. The summed E-state index contributed by atoms with van der Waals surface area (Å²) in [5, 5.41) is 27.4. The van der Waals surface area contributed by atoms with Crippen molar-refractivity contribution in [2.45, 2.75) is 135 Å². The molecule has 0 rings (SSSR count). The molecule has 37 heavy (non-hydrogen) atoms. The van der Waals surface area contributed by atoms with Gasteiger partial charge in [-0.2, -0.15) is 0 Å². The Bertz CT molecular complexity index is 578. The van der Waals surface area contributed by atoms with Crippen LogP contribution in [0, 0.1) is 0 Å². The van der Waals surface area contributed by atoms with Crippen molar-refractivity contribution in [3.05, 3.63) is 12.2 Å². The third-order valence-corrected chi connectivity index (χ3v) is 7.06. The third-order valence-electron chi connectivity index (χ3n) is 7.06. The number of rotatable bonds is 28. The van der Waals surface area contributed by atoms with E-state index in [1.165, 1.54) is 103 Å². The summed E-state index contributed by atoms with van der Waals surface area (Å²) in [6.07, 6.45) is 29.3. The van der Waals surface area contributed by atoms with Gasteiger partial charge in [0.2, 0.25) is 0 Å². The van der Waals surface area contributed by atoms with Gasteiger partial charge in [-0.15, -0.1) is 0 Å². The minimum absolute atomic E-state index is 0.261. The normalized spacial score (nSPS) is 11.8. The van der Waals surface area contributed by atoms with Crippen molar-refractivity contribution in [2.24, 2.45) is 0 Å². The predicted octanol–water partition coefficient (Wildman–Crippen LogP) is 7.44. The number of carboxylic acid groups (broad SMARTS) is 3. The molecule has 7 nitrogen and oxygen atoms in total. The molecule has 216 valence electrons. The second kappa shape index (κ2) is 24.4. The third kappa shape index (κ3) is 24.2. The van der Waals surface area contributed by atoms with Crippen LogP contribution in [-0.4, -0.2) is 63.9 Å². The Kier molecular flexibility index (Phi) is 23.2. The Labute approximate surface area is 225 Å². The van der Waals surface area contributed by atoms with Crippen molar-refractivity contribution in [1.29, 1.82) is 0 Å². The van der Waals surface area contributed by atoms with E-state index in [1.807, 2.05) is 0 Å². The molecule has 0 aliphatic rings. The lowest BCUT2D eigenvalue weighted by atomic mass is 10.1. The van der Waals surface area contributed by atoms with Gasteiger partial charge in [-0.3, -0.25) is 4.48 Å². The fourth-order valence-corrected chi connectivity index (χ4v) is 5.02. The highest BCUT2D eigenvalue weighted by Crippen LogP contribution is 2.15. The molecule has 0 aliphatic carbocycles. The highest BCUT2D eigenvalue weighted by Gasteiger charge is 2.35. The van der Waals surface area contributed by atoms with Crippen LogP contribution in [0.4, 0.5) is 0 Å². The summed E-state index contributed by atoms with van der Waals surface area (Å²) in [6, 6.07) is 0. The van der Waals surface area contributed by atoms with Gasteiger partial charge in [0, 0.05) is 0 Å². The average Bonchev–Trinajstić information content (AvgIpc) is 2.81. The molecule has 0 amide bonds. The van der Waals surface area contributed by atoms with E-state index in [2.05, 4.69) is 19.1 Å². The van der Waals surface area contributed by atoms with Gasteiger partial charge in [-0.1, -0.05) is 109 Å². The largest absolute Gasteiger partial charge is 0.477 e. The fourth-order valence-electron chi connectivity index (χ4n) is 5.02. The van der Waals surface area contributed by atoms with E-state index in [0.717, 1.165) is 19.3 Å². The first-order valence-corrected chi connectivity index (χ1v) is 15.0. The van der Waals surface area contributed by atoms with Crippen LogP contribution in [-0.2, 0) is 14.4 Å². The second-order valence-corrected chi connectivity index (χ2v) is 10.8. The Balaban J connectivity index is 3.67. The number of carboxylic acids is 3. The Morgan fingerprint density at radius 3 is 1.11 bits per heavy atom. The summed E-state index contributed by atoms with van der Waals surface area (Å²) < 4.78 is -0.437. The lowest BCUT2D eigenvalue weighted by Gasteiger charge is -2.34. The van der Waals surface area contributed by atoms with Gasteiger partial charge < -0.3 is 15.3 Å². The first-order valence-electron chi connectivity index (χ1n) is 15.0. The highest BCUT2D eigenvalue weighted by atomic mass is 16.4. The molecule has 0 atom stereocenters. The lowest BCUT2D eigenvalue weighted by Crippen LogP contribution is -2.57. The molecule has 0 aromatic carbocycles. The molecule has 0 radical (unpaired) electrons. The molecule has 0 saturated carbocycles. The minimum atomic E-state index is -1.17. The predicted molar refractivity (Wildman–Crippen MR) is 150 cm³/mol. The SMILES string of the molecule is CCCCCCCCCCC/C=C/CCCCCCCCCCC[N+](CC(=O)O)(CC(=O)O)CC(=O)O. The van der Waals surface area contributed by atoms with Crippen LogP contribution in [0.2, 0.25) is 0 Å². The lowest BCUT2D eigenvalue weighted by molar-refractivity contribution is -0.907. The van der Waals surface area contributed by atoms with Crippen LogP contribution in [0.1, 0.15) is 135 Å². The first kappa shape index (κ1) is 35.1. The number of allylic oxidation sites excluding steroid dienone is 2. The summed E-state index contributed by atoms with van der Waals surface area (Å²) in [5.41, 5.74) is 0. The van der Waals surface area contributed by atoms with Crippen molar-refractivity contribution in [3.63, 3.8) is 0 Å². The zero-order valence-corrected chi connectivity index (χ0v) is 23.6. The quantitative estimate of drug-likeness (QED) is 0.0555. The van der Waals surface area contributed by atoms with Crippen LogP contribution in [0.15, 0.2) is 12.2 Å². The van der Waals surface area contributed by atoms with Crippen molar-refractivity contribution in [2.75, 3.05) is 26.2 Å². The van der Waals surface area contributed by atoms with E-state index in [4.69, 9.17) is 15.3 Å². The molecule has 0 spiro atoms. The maximum Gasteiger partial charge on any atom is 0.359 e. The summed E-state index contributed by atoms with van der Waals surface area (Å²) in [7, 11) is 0. The monoisotopic (exact) mass is 526 g/mol. The zero-order chi connectivity index (χ0) is 27.6. The van der Waals surface area contributed by atoms with E-state index in [0.29, 0.717) is 6.42 Å². The molecule has 0 heterocycles. The number of nitrogens with zero attached hydrogens (tertiary/aromatic N) is 1. The number of unbranched alkanes of at least 4 members (excludes halogenated alkanes) is 18. The van der Waals surface area contributed by atoms with E-state index in [9.17, 15) is 14.4 Å². The molecular formula is C30H56NO6+. The maximum atomic E-state index is 11.2. The van der Waals surface area contributed by atoms with E-state index < -0.39 is 42.0 Å². The Hall–Kier alpha value is -1.89. The van der Waals surface area contributed by atoms with E-state index in [1.54, 1.807) is 0 Å². The zero-order valence-electron chi connectivity index (χ0n) is 23.6. The molecular weight excluding hydrogens is 470 g/mol. The van der Waals surface area contributed by atoms with Crippen LogP contribution in [0.5, 0.6) is 0 Å². The molecule has 0 fully saturated rings. The van der Waals surface area contributed by atoms with Crippen LogP contribution in [0.25, 0.3) is 0 Å². The van der Waals surface area contributed by atoms with Crippen molar-refractivity contribution in [1.82, 2.24) is 0 Å². The minimum Gasteiger partial charge on any atom is -0.477 e. The number of carbonyl (C=O) groups is 3. The highest BCUT2D eigenvalue weighted by molar-refractivity contribution is 5.73. The number of hydrogen-bond acceptors (Lipinski definition) is 3. The van der Waals surface area contributed by atoms with Gasteiger partial charge in [-0.25, -0.2) is 14.4 Å². The van der Waals surface area contributed by atoms with Gasteiger partial charge in [0.1, 0.15) is 0 Å². The van der Waals surface area contributed by atoms with Gasteiger partial charge >= 0.3 is 17.9 Å². The molecule has 0 bridgehead atoms. The maximum absolute atomic E-state index is 11.2. The standard InChI is InChI=1S/C30H55NO6/c1-2-3-4-5-6-7-8-9-10-11-12-13-14-15-16-17-18-19-20-21-22-23-24-31(25-28(32)33,26-29(34)35)27-30(36)37/h12-13H,2-11,14-27H2,1H3,(H2-,32,33,34,35,36,37)/p+1/b13-12+. The molecule has 0 saturated heterocycles. The number of hydrogen-bond donors (Lipinski definition) is 3. The van der Waals surface area contributed by atoms with Crippen molar-refractivity contribution < 1.29 is 34.2 Å². The van der Waals surface area contributed by atoms with Gasteiger partial charge in [0.15, 0.2) is 19.6 Å². The molecule has 3 N–H and O–H groups in total. The summed E-state index contributed by atoms with van der Waals surface area (Å²) in [6.45, 7) is 1.09. The number of quaternary nitrogens is 1. The van der Waals surface area contributed by atoms with E-state index >= 15 is 0 Å². The second-order valence-electron chi connectivity index (χ2n) is 10.8. The first-order chi connectivity index (χ1) is 17.8. The Morgan fingerprint density at radius 1 is 0.486 bits per heavy atom. The number of aliphatic carboxylic acids is 3. The van der Waals surface area contributed by atoms with Crippen LogP contribution >= 0.6 is 0 Å². The molecule has 0 aromatic heterocycles. The summed E-state index contributed by atoms with van der Waals surface area (Å²) in [4.78, 5) is 33.6. The average molecular weight is 527 g/mol.